The summed E-state index contributed by atoms with van der Waals surface area (Å²) in [6.07, 6.45) is 3.16. The molecule has 3 aromatic rings. The van der Waals surface area contributed by atoms with Crippen molar-refractivity contribution in [1.82, 2.24) is 14.8 Å². The molecule has 0 atom stereocenters. The van der Waals surface area contributed by atoms with Crippen LogP contribution in [0.1, 0.15) is 10.4 Å². The Hall–Kier alpha value is -2.95. The zero-order valence-corrected chi connectivity index (χ0v) is 11.5. The van der Waals surface area contributed by atoms with Gasteiger partial charge in [-0.15, -0.1) is 0 Å². The number of anilines is 1. The standard InChI is InChI=1S/C16H14N4O/c1-20-15(18-16(21)13-8-5-9-17-11-13)10-14(19-20)12-6-3-2-4-7-12/h2-11H,1H3,(H,18,21). The highest BCUT2D eigenvalue weighted by Gasteiger charge is 2.11. The highest BCUT2D eigenvalue weighted by molar-refractivity contribution is 6.03. The number of hydrogen-bond acceptors (Lipinski definition) is 3. The summed E-state index contributed by atoms with van der Waals surface area (Å²) in [5, 5.41) is 7.25. The summed E-state index contributed by atoms with van der Waals surface area (Å²) in [7, 11) is 1.80. The number of amides is 1. The monoisotopic (exact) mass is 278 g/mol. The summed E-state index contributed by atoms with van der Waals surface area (Å²) in [4.78, 5) is 16.1. The van der Waals surface area contributed by atoms with Gasteiger partial charge in [-0.25, -0.2) is 0 Å². The average molecular weight is 278 g/mol. The first kappa shape index (κ1) is 13.1. The van der Waals surface area contributed by atoms with Gasteiger partial charge in [-0.05, 0) is 12.1 Å². The van der Waals surface area contributed by atoms with Crippen LogP contribution in [-0.4, -0.2) is 20.7 Å². The van der Waals surface area contributed by atoms with Crippen molar-refractivity contribution >= 4 is 11.7 Å². The molecule has 0 radical (unpaired) electrons. The SMILES string of the molecule is Cn1nc(-c2ccccc2)cc1NC(=O)c1cccnc1. The largest absolute Gasteiger partial charge is 0.307 e. The Kier molecular flexibility index (Phi) is 3.47. The van der Waals surface area contributed by atoms with Gasteiger partial charge in [0.25, 0.3) is 5.91 Å². The molecule has 0 aliphatic carbocycles. The van der Waals surface area contributed by atoms with Crippen molar-refractivity contribution in [1.29, 1.82) is 0 Å². The quantitative estimate of drug-likeness (QED) is 0.801. The van der Waals surface area contributed by atoms with Gasteiger partial charge in [-0.1, -0.05) is 30.3 Å². The maximum atomic E-state index is 12.1. The summed E-state index contributed by atoms with van der Waals surface area (Å²) in [5.74, 6) is 0.438. The second-order valence-electron chi connectivity index (χ2n) is 4.60. The van der Waals surface area contributed by atoms with Gasteiger partial charge in [0.2, 0.25) is 0 Å². The molecule has 0 saturated heterocycles. The van der Waals surface area contributed by atoms with E-state index in [1.807, 2.05) is 36.4 Å². The van der Waals surface area contributed by atoms with Crippen LogP contribution in [0.3, 0.4) is 0 Å². The maximum absolute atomic E-state index is 12.1. The molecular weight excluding hydrogens is 264 g/mol. The van der Waals surface area contributed by atoms with Crippen LogP contribution in [0.5, 0.6) is 0 Å². The van der Waals surface area contributed by atoms with E-state index in [1.165, 1.54) is 6.20 Å². The molecule has 3 rings (SSSR count). The lowest BCUT2D eigenvalue weighted by molar-refractivity contribution is 0.102. The van der Waals surface area contributed by atoms with Crippen LogP contribution >= 0.6 is 0 Å². The minimum absolute atomic E-state index is 0.203. The second-order valence-corrected chi connectivity index (χ2v) is 4.60. The normalized spacial score (nSPS) is 10.3. The number of aromatic nitrogens is 3. The first-order valence-electron chi connectivity index (χ1n) is 6.55. The van der Waals surface area contributed by atoms with E-state index in [9.17, 15) is 4.79 Å². The van der Waals surface area contributed by atoms with Crippen molar-refractivity contribution in [3.8, 4) is 11.3 Å². The molecule has 0 spiro atoms. The van der Waals surface area contributed by atoms with E-state index in [4.69, 9.17) is 0 Å². The van der Waals surface area contributed by atoms with Gasteiger partial charge in [0, 0.05) is 31.1 Å². The maximum Gasteiger partial charge on any atom is 0.258 e. The summed E-state index contributed by atoms with van der Waals surface area (Å²) < 4.78 is 1.65. The van der Waals surface area contributed by atoms with Crippen LogP contribution in [-0.2, 0) is 7.05 Å². The number of nitrogens with zero attached hydrogens (tertiary/aromatic N) is 3. The molecule has 0 saturated carbocycles. The Morgan fingerprint density at radius 2 is 1.95 bits per heavy atom. The van der Waals surface area contributed by atoms with Crippen molar-refractivity contribution in [2.75, 3.05) is 5.32 Å². The number of nitrogens with one attached hydrogen (secondary N) is 1. The molecule has 2 heterocycles. The van der Waals surface area contributed by atoms with E-state index < -0.39 is 0 Å². The molecule has 0 fully saturated rings. The molecular formula is C16H14N4O. The Balaban J connectivity index is 1.84. The highest BCUT2D eigenvalue weighted by Crippen LogP contribution is 2.21. The van der Waals surface area contributed by atoms with Gasteiger partial charge in [-0.2, -0.15) is 5.10 Å². The Morgan fingerprint density at radius 1 is 1.14 bits per heavy atom. The molecule has 0 unspecified atom stereocenters. The highest BCUT2D eigenvalue weighted by atomic mass is 16.1. The Morgan fingerprint density at radius 3 is 2.67 bits per heavy atom. The fourth-order valence-corrected chi connectivity index (χ4v) is 2.02. The van der Waals surface area contributed by atoms with Crippen LogP contribution in [0.25, 0.3) is 11.3 Å². The summed E-state index contributed by atoms with van der Waals surface area (Å²) in [6, 6.07) is 15.1. The topological polar surface area (TPSA) is 59.8 Å². The van der Waals surface area contributed by atoms with E-state index in [0.29, 0.717) is 11.4 Å². The van der Waals surface area contributed by atoms with Crippen LogP contribution in [0.15, 0.2) is 60.9 Å². The fraction of sp³-hybridized carbons (Fsp3) is 0.0625. The summed E-state index contributed by atoms with van der Waals surface area (Å²) in [6.45, 7) is 0. The molecule has 1 amide bonds. The van der Waals surface area contributed by atoms with E-state index in [2.05, 4.69) is 15.4 Å². The van der Waals surface area contributed by atoms with Crippen LogP contribution < -0.4 is 5.32 Å². The molecule has 5 heteroatoms. The first-order valence-corrected chi connectivity index (χ1v) is 6.55. The molecule has 1 aromatic carbocycles. The van der Waals surface area contributed by atoms with E-state index in [1.54, 1.807) is 30.1 Å². The van der Waals surface area contributed by atoms with Crippen LogP contribution in [0.2, 0.25) is 0 Å². The number of benzene rings is 1. The van der Waals surface area contributed by atoms with Gasteiger partial charge >= 0.3 is 0 Å². The predicted molar refractivity (Wildman–Crippen MR) is 80.8 cm³/mol. The van der Waals surface area contributed by atoms with Crippen molar-refractivity contribution in [3.05, 3.63) is 66.5 Å². The number of aryl methyl sites for hydroxylation is 1. The molecule has 2 aromatic heterocycles. The third-order valence-corrected chi connectivity index (χ3v) is 3.11. The minimum Gasteiger partial charge on any atom is -0.307 e. The number of rotatable bonds is 3. The molecule has 5 nitrogen and oxygen atoms in total. The van der Waals surface area contributed by atoms with Gasteiger partial charge < -0.3 is 5.32 Å². The Labute approximate surface area is 122 Å². The number of carbonyl (C=O) groups is 1. The lowest BCUT2D eigenvalue weighted by atomic mass is 10.1. The number of carbonyl (C=O) groups excluding carboxylic acids is 1. The first-order chi connectivity index (χ1) is 10.2. The van der Waals surface area contributed by atoms with Gasteiger partial charge in [-0.3, -0.25) is 14.5 Å². The van der Waals surface area contributed by atoms with Crippen molar-refractivity contribution < 1.29 is 4.79 Å². The lowest BCUT2D eigenvalue weighted by Crippen LogP contribution is -2.14. The Bertz CT molecular complexity index is 750. The van der Waals surface area contributed by atoms with Gasteiger partial charge in [0.05, 0.1) is 11.3 Å². The van der Waals surface area contributed by atoms with Crippen molar-refractivity contribution in [2.24, 2.45) is 7.05 Å². The average Bonchev–Trinajstić information content (AvgIpc) is 2.90. The minimum atomic E-state index is -0.203. The third-order valence-electron chi connectivity index (χ3n) is 3.11. The van der Waals surface area contributed by atoms with Gasteiger partial charge in [0.1, 0.15) is 5.82 Å². The molecule has 0 aliphatic rings. The van der Waals surface area contributed by atoms with Crippen molar-refractivity contribution in [2.45, 2.75) is 0 Å². The molecule has 1 N–H and O–H groups in total. The summed E-state index contributed by atoms with van der Waals surface area (Å²) in [5.41, 5.74) is 2.34. The van der Waals surface area contributed by atoms with Crippen LogP contribution in [0, 0.1) is 0 Å². The molecule has 0 aliphatic heterocycles. The number of pyridine rings is 1. The second kappa shape index (κ2) is 5.58. The zero-order valence-electron chi connectivity index (χ0n) is 11.5. The van der Waals surface area contributed by atoms with E-state index in [-0.39, 0.29) is 5.91 Å². The van der Waals surface area contributed by atoms with Crippen molar-refractivity contribution in [3.63, 3.8) is 0 Å². The zero-order chi connectivity index (χ0) is 14.7. The fourth-order valence-electron chi connectivity index (χ4n) is 2.02. The molecule has 0 bridgehead atoms. The van der Waals surface area contributed by atoms with E-state index in [0.717, 1.165) is 11.3 Å². The molecule has 104 valence electrons. The molecule has 21 heavy (non-hydrogen) atoms. The van der Waals surface area contributed by atoms with Crippen LogP contribution in [0.4, 0.5) is 5.82 Å². The smallest absolute Gasteiger partial charge is 0.258 e. The van der Waals surface area contributed by atoms with Gasteiger partial charge in [0.15, 0.2) is 0 Å². The van der Waals surface area contributed by atoms with E-state index >= 15 is 0 Å². The lowest BCUT2D eigenvalue weighted by Gasteiger charge is -2.04. The third kappa shape index (κ3) is 2.81. The number of hydrogen-bond donors (Lipinski definition) is 1. The predicted octanol–water partition coefficient (Wildman–Crippen LogP) is 2.73. The summed E-state index contributed by atoms with van der Waals surface area (Å²) >= 11 is 0.